The maximum absolute atomic E-state index is 13.4. The van der Waals surface area contributed by atoms with Gasteiger partial charge in [0.2, 0.25) is 0 Å². The fourth-order valence-electron chi connectivity index (χ4n) is 2.40. The zero-order chi connectivity index (χ0) is 19.8. The number of methoxy groups -OCH3 is 2. The molecule has 2 rings (SSSR count). The lowest BCUT2D eigenvalue weighted by atomic mass is 10.1. The Morgan fingerprint density at radius 1 is 1.11 bits per heavy atom. The molecule has 2 aromatic rings. The van der Waals surface area contributed by atoms with Gasteiger partial charge in [0.15, 0.2) is 11.3 Å². The highest BCUT2D eigenvalue weighted by atomic mass is 19.1. The molecule has 0 aliphatic heterocycles. The molecular formula is C20H16FN3O3. The van der Waals surface area contributed by atoms with Gasteiger partial charge in [-0.3, -0.25) is 4.79 Å². The maximum Gasteiger partial charge on any atom is 0.255 e. The van der Waals surface area contributed by atoms with Gasteiger partial charge < -0.3 is 14.8 Å². The van der Waals surface area contributed by atoms with Crippen molar-refractivity contribution in [1.29, 1.82) is 10.5 Å². The van der Waals surface area contributed by atoms with Gasteiger partial charge in [-0.15, -0.1) is 0 Å². The molecule has 1 N–H and O–H groups in total. The van der Waals surface area contributed by atoms with Crippen LogP contribution >= 0.6 is 0 Å². The zero-order valence-electron chi connectivity index (χ0n) is 14.7. The van der Waals surface area contributed by atoms with Crippen molar-refractivity contribution >= 4 is 11.7 Å². The van der Waals surface area contributed by atoms with E-state index in [1.807, 2.05) is 0 Å². The van der Waals surface area contributed by atoms with Gasteiger partial charge in [0.1, 0.15) is 23.7 Å². The molecule has 0 heterocycles. The molecule has 0 aliphatic carbocycles. The van der Waals surface area contributed by atoms with Crippen LogP contribution in [0.2, 0.25) is 0 Å². The first-order valence-corrected chi connectivity index (χ1v) is 7.83. The Kier molecular flexibility index (Phi) is 6.51. The van der Waals surface area contributed by atoms with E-state index in [9.17, 15) is 9.18 Å². The Hall–Kier alpha value is -3.84. The lowest BCUT2D eigenvalue weighted by Crippen LogP contribution is -2.23. The molecule has 0 aromatic heterocycles. The highest BCUT2D eigenvalue weighted by Gasteiger charge is 2.14. The third kappa shape index (κ3) is 4.62. The number of hydrogen-bond donors (Lipinski definition) is 1. The van der Waals surface area contributed by atoms with E-state index in [0.717, 1.165) is 11.6 Å². The van der Waals surface area contributed by atoms with E-state index in [4.69, 9.17) is 20.0 Å². The number of hydrogen-bond acceptors (Lipinski definition) is 5. The number of carbonyl (C=O) groups excluding carboxylic acids is 1. The third-order valence-corrected chi connectivity index (χ3v) is 3.73. The molecule has 0 atom stereocenters. The van der Waals surface area contributed by atoms with Gasteiger partial charge >= 0.3 is 0 Å². The van der Waals surface area contributed by atoms with Gasteiger partial charge in [-0.05, 0) is 23.8 Å². The predicted molar refractivity (Wildman–Crippen MR) is 95.7 cm³/mol. The quantitative estimate of drug-likeness (QED) is 0.627. The smallest absolute Gasteiger partial charge is 0.255 e. The van der Waals surface area contributed by atoms with Crippen molar-refractivity contribution in [2.45, 2.75) is 6.54 Å². The van der Waals surface area contributed by atoms with E-state index in [2.05, 4.69) is 5.32 Å². The van der Waals surface area contributed by atoms with Gasteiger partial charge in [-0.25, -0.2) is 4.39 Å². The second-order valence-electron chi connectivity index (χ2n) is 5.36. The van der Waals surface area contributed by atoms with Crippen molar-refractivity contribution in [1.82, 2.24) is 5.32 Å². The number of nitrogens with zero attached hydrogens (tertiary/aromatic N) is 2. The van der Waals surface area contributed by atoms with Crippen LogP contribution in [0.25, 0.3) is 5.76 Å². The molecule has 0 saturated heterocycles. The van der Waals surface area contributed by atoms with Gasteiger partial charge in [0.25, 0.3) is 5.91 Å². The number of nitrogens with one attached hydrogen (secondary N) is 1. The first-order valence-electron chi connectivity index (χ1n) is 7.83. The van der Waals surface area contributed by atoms with Crippen LogP contribution in [0.1, 0.15) is 21.5 Å². The monoisotopic (exact) mass is 365 g/mol. The molecular weight excluding hydrogens is 349 g/mol. The SMILES string of the molecule is COC(=C(C#N)C#N)c1ccc(CNC(=O)c2cc(F)ccc2OC)cc1. The van der Waals surface area contributed by atoms with E-state index >= 15 is 0 Å². The fraction of sp³-hybridized carbons (Fsp3) is 0.150. The topological polar surface area (TPSA) is 95.1 Å². The fourth-order valence-corrected chi connectivity index (χ4v) is 2.40. The van der Waals surface area contributed by atoms with E-state index in [-0.39, 0.29) is 29.2 Å². The molecule has 0 unspecified atom stereocenters. The molecule has 0 saturated carbocycles. The van der Waals surface area contributed by atoms with Crippen LogP contribution in [0, 0.1) is 28.5 Å². The summed E-state index contributed by atoms with van der Waals surface area (Å²) in [6.07, 6.45) is 0. The Morgan fingerprint density at radius 3 is 2.33 bits per heavy atom. The maximum atomic E-state index is 13.4. The van der Waals surface area contributed by atoms with E-state index < -0.39 is 11.7 Å². The summed E-state index contributed by atoms with van der Waals surface area (Å²) in [7, 11) is 2.78. The number of benzene rings is 2. The summed E-state index contributed by atoms with van der Waals surface area (Å²) < 4.78 is 23.6. The molecule has 2 aromatic carbocycles. The minimum Gasteiger partial charge on any atom is -0.496 e. The summed E-state index contributed by atoms with van der Waals surface area (Å²) in [5, 5.41) is 20.6. The summed E-state index contributed by atoms with van der Waals surface area (Å²) in [6.45, 7) is 0.203. The third-order valence-electron chi connectivity index (χ3n) is 3.73. The Bertz CT molecular complexity index is 938. The Labute approximate surface area is 156 Å². The van der Waals surface area contributed by atoms with Crippen molar-refractivity contribution in [2.75, 3.05) is 14.2 Å². The number of nitriles is 2. The minimum absolute atomic E-state index is 0.103. The standard InChI is InChI=1S/C20H16FN3O3/c1-26-18-8-7-16(21)9-17(18)20(25)24-12-13-3-5-14(6-4-13)19(27-2)15(10-22)11-23/h3-9H,12H2,1-2H3,(H,24,25). The second-order valence-corrected chi connectivity index (χ2v) is 5.36. The first kappa shape index (κ1) is 19.5. The number of allylic oxidation sites excluding steroid dienone is 1. The Balaban J connectivity index is 2.13. The summed E-state index contributed by atoms with van der Waals surface area (Å²) >= 11 is 0. The lowest BCUT2D eigenvalue weighted by Gasteiger charge is -2.10. The number of ether oxygens (including phenoxy) is 2. The van der Waals surface area contributed by atoms with Crippen LogP contribution in [-0.2, 0) is 11.3 Å². The molecule has 0 fully saturated rings. The normalized spacial score (nSPS) is 9.52. The molecule has 1 amide bonds. The second kappa shape index (κ2) is 9.02. The van der Waals surface area contributed by atoms with Crippen LogP contribution in [0.4, 0.5) is 4.39 Å². The van der Waals surface area contributed by atoms with Gasteiger partial charge in [-0.1, -0.05) is 24.3 Å². The summed E-state index contributed by atoms with van der Waals surface area (Å²) in [4.78, 5) is 12.3. The average molecular weight is 365 g/mol. The molecule has 0 aliphatic rings. The van der Waals surface area contributed by atoms with E-state index in [1.165, 1.54) is 26.4 Å². The first-order chi connectivity index (χ1) is 13.0. The molecule has 27 heavy (non-hydrogen) atoms. The number of carbonyl (C=O) groups is 1. The number of amides is 1. The molecule has 6 nitrogen and oxygen atoms in total. The van der Waals surface area contributed by atoms with Crippen molar-refractivity contribution in [3.8, 4) is 17.9 Å². The molecule has 0 bridgehead atoms. The molecule has 7 heteroatoms. The molecule has 136 valence electrons. The van der Waals surface area contributed by atoms with Crippen molar-refractivity contribution in [3.63, 3.8) is 0 Å². The summed E-state index contributed by atoms with van der Waals surface area (Å²) in [5.41, 5.74) is 1.31. The predicted octanol–water partition coefficient (Wildman–Crippen LogP) is 3.17. The highest BCUT2D eigenvalue weighted by molar-refractivity contribution is 5.96. The van der Waals surface area contributed by atoms with Crippen molar-refractivity contribution < 1.29 is 18.7 Å². The van der Waals surface area contributed by atoms with Crippen LogP contribution < -0.4 is 10.1 Å². The average Bonchev–Trinajstić information content (AvgIpc) is 2.70. The van der Waals surface area contributed by atoms with Crippen LogP contribution in [-0.4, -0.2) is 20.1 Å². The highest BCUT2D eigenvalue weighted by Crippen LogP contribution is 2.21. The number of rotatable bonds is 6. The van der Waals surface area contributed by atoms with Crippen molar-refractivity contribution in [3.05, 3.63) is 70.5 Å². The zero-order valence-corrected chi connectivity index (χ0v) is 14.7. The lowest BCUT2D eigenvalue weighted by molar-refractivity contribution is 0.0947. The van der Waals surface area contributed by atoms with E-state index in [0.29, 0.717) is 5.56 Å². The minimum atomic E-state index is -0.532. The molecule has 0 radical (unpaired) electrons. The van der Waals surface area contributed by atoms with Crippen LogP contribution in [0.5, 0.6) is 5.75 Å². The van der Waals surface area contributed by atoms with Crippen LogP contribution in [0.3, 0.4) is 0 Å². The van der Waals surface area contributed by atoms with Crippen molar-refractivity contribution in [2.24, 2.45) is 0 Å². The van der Waals surface area contributed by atoms with Gasteiger partial charge in [-0.2, -0.15) is 10.5 Å². The molecule has 0 spiro atoms. The largest absolute Gasteiger partial charge is 0.496 e. The van der Waals surface area contributed by atoms with Gasteiger partial charge in [0.05, 0.1) is 19.8 Å². The van der Waals surface area contributed by atoms with E-state index in [1.54, 1.807) is 36.4 Å². The van der Waals surface area contributed by atoms with Gasteiger partial charge in [0, 0.05) is 12.1 Å². The Morgan fingerprint density at radius 2 is 1.78 bits per heavy atom. The number of halogens is 1. The summed E-state index contributed by atoms with van der Waals surface area (Å²) in [6, 6.07) is 14.1. The van der Waals surface area contributed by atoms with Crippen LogP contribution in [0.15, 0.2) is 48.0 Å². The summed E-state index contributed by atoms with van der Waals surface area (Å²) in [5.74, 6) is -0.543.